The van der Waals surface area contributed by atoms with Crippen LogP contribution in [-0.2, 0) is 11.8 Å². The minimum absolute atomic E-state index is 0. The van der Waals surface area contributed by atoms with Gasteiger partial charge < -0.3 is 15.1 Å². The summed E-state index contributed by atoms with van der Waals surface area (Å²) >= 11 is 0. The Kier molecular flexibility index (Phi) is 6.84. The van der Waals surface area contributed by atoms with E-state index < -0.39 is 0 Å². The van der Waals surface area contributed by atoms with Gasteiger partial charge >= 0.3 is 0 Å². The van der Waals surface area contributed by atoms with Crippen LogP contribution in [0.15, 0.2) is 17.4 Å². The summed E-state index contributed by atoms with van der Waals surface area (Å²) in [5.41, 5.74) is 1.02. The third-order valence-electron chi connectivity index (χ3n) is 3.51. The lowest BCUT2D eigenvalue weighted by molar-refractivity contribution is -0.120. The summed E-state index contributed by atoms with van der Waals surface area (Å²) in [6, 6.07) is 0. The molecule has 8 heteroatoms. The van der Waals surface area contributed by atoms with Crippen molar-refractivity contribution < 1.29 is 4.79 Å². The Bertz CT molecular complexity index is 563. The minimum Gasteiger partial charge on any atom is -0.356 e. The summed E-state index contributed by atoms with van der Waals surface area (Å²) in [6.45, 7) is 9.04. The number of carbonyl (C=O) groups excluding carboxylic acids is 1. The fraction of sp³-hybridized carbons (Fsp3) is 0.667. The van der Waals surface area contributed by atoms with Crippen LogP contribution >= 0.6 is 24.0 Å². The molecule has 1 N–H and O–H groups in total. The standard InChI is InChI=1S/C15H26N6O.HI/c1-15(2,3)11-17-14(16-4)20-6-7-21(13(22)10-20)12-8-18-19(5)9-12;/h8-9H,6-7,10-11H2,1-5H3,(H,16,17);1H. The molecule has 1 aliphatic rings. The molecule has 2 heterocycles. The van der Waals surface area contributed by atoms with Crippen molar-refractivity contribution in [2.75, 3.05) is 38.1 Å². The van der Waals surface area contributed by atoms with Gasteiger partial charge in [-0.25, -0.2) is 0 Å². The quantitative estimate of drug-likeness (QED) is 0.433. The number of aryl methyl sites for hydroxylation is 1. The molecule has 0 aliphatic carbocycles. The second-order valence-electron chi connectivity index (χ2n) is 6.80. The van der Waals surface area contributed by atoms with Gasteiger partial charge in [-0.3, -0.25) is 14.5 Å². The van der Waals surface area contributed by atoms with E-state index in [1.165, 1.54) is 0 Å². The zero-order chi connectivity index (χ0) is 16.3. The average molecular weight is 434 g/mol. The number of aromatic nitrogens is 2. The molecule has 0 atom stereocenters. The first-order chi connectivity index (χ1) is 10.3. The van der Waals surface area contributed by atoms with Gasteiger partial charge in [0.15, 0.2) is 5.96 Å². The summed E-state index contributed by atoms with van der Waals surface area (Å²) in [6.07, 6.45) is 3.58. The first-order valence-corrected chi connectivity index (χ1v) is 7.55. The van der Waals surface area contributed by atoms with Crippen molar-refractivity contribution in [2.24, 2.45) is 17.5 Å². The van der Waals surface area contributed by atoms with Crippen molar-refractivity contribution in [1.29, 1.82) is 0 Å². The number of nitrogens with zero attached hydrogens (tertiary/aromatic N) is 5. The number of aliphatic imine (C=N–C) groups is 1. The highest BCUT2D eigenvalue weighted by Gasteiger charge is 2.28. The fourth-order valence-corrected chi connectivity index (χ4v) is 2.35. The maximum Gasteiger partial charge on any atom is 0.246 e. The van der Waals surface area contributed by atoms with Crippen LogP contribution in [-0.4, -0.2) is 59.8 Å². The fourth-order valence-electron chi connectivity index (χ4n) is 2.35. The van der Waals surface area contributed by atoms with Crippen molar-refractivity contribution in [3.63, 3.8) is 0 Å². The number of guanidine groups is 1. The normalized spacial score (nSPS) is 16.4. The summed E-state index contributed by atoms with van der Waals surface area (Å²) < 4.78 is 1.71. The summed E-state index contributed by atoms with van der Waals surface area (Å²) in [5.74, 6) is 0.854. The van der Waals surface area contributed by atoms with Crippen molar-refractivity contribution in [3.8, 4) is 0 Å². The van der Waals surface area contributed by atoms with E-state index in [1.807, 2.05) is 18.1 Å². The Morgan fingerprint density at radius 2 is 2.09 bits per heavy atom. The highest BCUT2D eigenvalue weighted by molar-refractivity contribution is 14.0. The zero-order valence-electron chi connectivity index (χ0n) is 14.5. The van der Waals surface area contributed by atoms with Gasteiger partial charge in [0, 0.05) is 39.9 Å². The van der Waals surface area contributed by atoms with E-state index in [-0.39, 0.29) is 35.3 Å². The van der Waals surface area contributed by atoms with E-state index in [2.05, 4.69) is 36.2 Å². The molecule has 1 fully saturated rings. The molecule has 1 aromatic heterocycles. The number of carbonyl (C=O) groups is 1. The number of amides is 1. The number of piperazine rings is 1. The van der Waals surface area contributed by atoms with E-state index in [1.54, 1.807) is 22.8 Å². The maximum absolute atomic E-state index is 12.4. The molecular formula is C15H27IN6O. The zero-order valence-corrected chi connectivity index (χ0v) is 16.9. The molecule has 1 amide bonds. The predicted molar refractivity (Wildman–Crippen MR) is 103 cm³/mol. The Balaban J connectivity index is 0.00000264. The van der Waals surface area contributed by atoms with Gasteiger partial charge in [-0.2, -0.15) is 5.10 Å². The highest BCUT2D eigenvalue weighted by atomic mass is 127. The van der Waals surface area contributed by atoms with Crippen molar-refractivity contribution >= 4 is 41.5 Å². The van der Waals surface area contributed by atoms with Crippen molar-refractivity contribution in [1.82, 2.24) is 20.0 Å². The molecule has 130 valence electrons. The number of anilines is 1. The maximum atomic E-state index is 12.4. The lowest BCUT2D eigenvalue weighted by Gasteiger charge is -2.36. The Morgan fingerprint density at radius 3 is 2.57 bits per heavy atom. The first-order valence-electron chi connectivity index (χ1n) is 7.55. The van der Waals surface area contributed by atoms with Gasteiger partial charge in [0.25, 0.3) is 0 Å². The van der Waals surface area contributed by atoms with Crippen LogP contribution in [0.3, 0.4) is 0 Å². The van der Waals surface area contributed by atoms with E-state index in [4.69, 9.17) is 0 Å². The third-order valence-corrected chi connectivity index (χ3v) is 3.51. The molecule has 7 nitrogen and oxygen atoms in total. The van der Waals surface area contributed by atoms with Crippen molar-refractivity contribution in [2.45, 2.75) is 20.8 Å². The lowest BCUT2D eigenvalue weighted by Crippen LogP contribution is -2.56. The molecule has 1 aliphatic heterocycles. The second kappa shape index (κ2) is 7.98. The minimum atomic E-state index is 0. The van der Waals surface area contributed by atoms with E-state index in [9.17, 15) is 4.79 Å². The highest BCUT2D eigenvalue weighted by Crippen LogP contribution is 2.16. The number of hydrogen-bond acceptors (Lipinski definition) is 3. The van der Waals surface area contributed by atoms with Crippen LogP contribution in [0.5, 0.6) is 0 Å². The van der Waals surface area contributed by atoms with Crippen LogP contribution in [0.1, 0.15) is 20.8 Å². The summed E-state index contributed by atoms with van der Waals surface area (Å²) in [4.78, 5) is 20.5. The van der Waals surface area contributed by atoms with Crippen molar-refractivity contribution in [3.05, 3.63) is 12.4 Å². The molecule has 0 saturated carbocycles. The monoisotopic (exact) mass is 434 g/mol. The number of hydrogen-bond donors (Lipinski definition) is 1. The summed E-state index contributed by atoms with van der Waals surface area (Å²) in [5, 5.41) is 7.47. The molecule has 2 rings (SSSR count). The smallest absolute Gasteiger partial charge is 0.246 e. The van der Waals surface area contributed by atoms with Gasteiger partial charge in [0.05, 0.1) is 11.9 Å². The molecular weight excluding hydrogens is 407 g/mol. The Morgan fingerprint density at radius 1 is 1.39 bits per heavy atom. The Hall–Kier alpha value is -1.32. The van der Waals surface area contributed by atoms with Gasteiger partial charge in [-0.1, -0.05) is 20.8 Å². The topological polar surface area (TPSA) is 65.8 Å². The van der Waals surface area contributed by atoms with Gasteiger partial charge in [-0.05, 0) is 5.41 Å². The van der Waals surface area contributed by atoms with Crippen LogP contribution in [0.2, 0.25) is 0 Å². The number of nitrogens with one attached hydrogen (secondary N) is 1. The van der Waals surface area contributed by atoms with E-state index in [0.29, 0.717) is 13.1 Å². The van der Waals surface area contributed by atoms with E-state index >= 15 is 0 Å². The second-order valence-corrected chi connectivity index (χ2v) is 6.80. The summed E-state index contributed by atoms with van der Waals surface area (Å²) in [7, 11) is 3.60. The molecule has 0 radical (unpaired) electrons. The van der Waals surface area contributed by atoms with Crippen LogP contribution < -0.4 is 10.2 Å². The first kappa shape index (κ1) is 19.7. The largest absolute Gasteiger partial charge is 0.356 e. The number of halogens is 1. The molecule has 1 saturated heterocycles. The average Bonchev–Trinajstić information content (AvgIpc) is 2.85. The Labute approximate surface area is 155 Å². The molecule has 1 aromatic rings. The molecule has 0 spiro atoms. The van der Waals surface area contributed by atoms with Gasteiger partial charge in [-0.15, -0.1) is 24.0 Å². The van der Waals surface area contributed by atoms with Gasteiger partial charge in [0.2, 0.25) is 5.91 Å². The predicted octanol–water partition coefficient (Wildman–Crippen LogP) is 1.31. The molecule has 0 aromatic carbocycles. The van der Waals surface area contributed by atoms with Crippen LogP contribution in [0.4, 0.5) is 5.69 Å². The van der Waals surface area contributed by atoms with E-state index in [0.717, 1.165) is 24.7 Å². The van der Waals surface area contributed by atoms with Crippen LogP contribution in [0.25, 0.3) is 0 Å². The SMILES string of the molecule is CN=C(NCC(C)(C)C)N1CCN(c2cnn(C)c2)C(=O)C1.I. The molecule has 0 bridgehead atoms. The van der Waals surface area contributed by atoms with Crippen LogP contribution in [0, 0.1) is 5.41 Å². The number of rotatable bonds is 2. The molecule has 0 unspecified atom stereocenters. The molecule has 23 heavy (non-hydrogen) atoms. The lowest BCUT2D eigenvalue weighted by atomic mass is 9.97. The third kappa shape index (κ3) is 5.36. The van der Waals surface area contributed by atoms with Gasteiger partial charge in [0.1, 0.15) is 6.54 Å².